The minimum atomic E-state index is -1.30. The highest BCUT2D eigenvalue weighted by molar-refractivity contribution is 6.40. The minimum Gasteiger partial charge on any atom is -0.480 e. The lowest BCUT2D eigenvalue weighted by Gasteiger charge is -2.31. The summed E-state index contributed by atoms with van der Waals surface area (Å²) in [5.41, 5.74) is -0.848. The van der Waals surface area contributed by atoms with Crippen LogP contribution in [-0.2, 0) is 4.79 Å². The molecule has 2 heterocycles. The van der Waals surface area contributed by atoms with Gasteiger partial charge in [0.05, 0.1) is 0 Å². The predicted molar refractivity (Wildman–Crippen MR) is 84.6 cm³/mol. The second-order valence-corrected chi connectivity index (χ2v) is 6.49. The number of carboxylic acid groups (broad SMARTS) is 1. The maximum atomic E-state index is 11.9. The monoisotopic (exact) mass is 313 g/mol. The molecule has 2 fully saturated rings. The summed E-state index contributed by atoms with van der Waals surface area (Å²) in [6.07, 6.45) is 3.09. The van der Waals surface area contributed by atoms with Crippen LogP contribution in [0.4, 0.5) is 0 Å². The van der Waals surface area contributed by atoms with Gasteiger partial charge in [-0.3, -0.25) is 9.69 Å². The van der Waals surface area contributed by atoms with Crippen molar-refractivity contribution in [1.82, 2.24) is 15.5 Å². The second kappa shape index (κ2) is 7.74. The van der Waals surface area contributed by atoms with Gasteiger partial charge in [-0.1, -0.05) is 12.8 Å². The van der Waals surface area contributed by atoms with Crippen molar-refractivity contribution in [3.63, 3.8) is 0 Å². The first-order valence-corrected chi connectivity index (χ1v) is 8.24. The predicted octanol–water partition coefficient (Wildman–Crippen LogP) is -1.03. The molecule has 22 heavy (non-hydrogen) atoms. The molecule has 0 aromatic heterocycles. The van der Waals surface area contributed by atoms with Crippen LogP contribution in [0.2, 0.25) is 6.32 Å². The van der Waals surface area contributed by atoms with E-state index in [0.717, 1.165) is 32.6 Å². The Morgan fingerprint density at radius 3 is 2.86 bits per heavy atom. The largest absolute Gasteiger partial charge is 0.480 e. The molecular formula is C14H28BN3O4. The summed E-state index contributed by atoms with van der Waals surface area (Å²) in [4.78, 5) is 14.3. The van der Waals surface area contributed by atoms with Gasteiger partial charge in [-0.05, 0) is 32.8 Å². The molecule has 0 aromatic rings. The number of unbranched alkanes of at least 4 members (excludes halogenated alkanes) is 1. The van der Waals surface area contributed by atoms with Crippen LogP contribution < -0.4 is 10.6 Å². The summed E-state index contributed by atoms with van der Waals surface area (Å²) in [6.45, 7) is 3.55. The Balaban J connectivity index is 1.96. The number of rotatable bonds is 9. The highest BCUT2D eigenvalue weighted by atomic mass is 16.4. The Morgan fingerprint density at radius 1 is 1.45 bits per heavy atom. The Kier molecular flexibility index (Phi) is 6.22. The van der Waals surface area contributed by atoms with E-state index in [1.54, 1.807) is 0 Å². The van der Waals surface area contributed by atoms with Gasteiger partial charge in [0.2, 0.25) is 0 Å². The quantitative estimate of drug-likeness (QED) is 0.274. The van der Waals surface area contributed by atoms with E-state index in [-0.39, 0.29) is 5.92 Å². The SMILES string of the molecule is CNCCN1CC[C@H]2[C@@H]1CN[C@@]2(CCCCB(O)O)C(=O)O. The molecule has 0 unspecified atom stereocenters. The first kappa shape index (κ1) is 17.7. The zero-order valence-electron chi connectivity index (χ0n) is 13.3. The minimum absolute atomic E-state index is 0.140. The van der Waals surface area contributed by atoms with Crippen molar-refractivity contribution in [3.05, 3.63) is 0 Å². The summed E-state index contributed by atoms with van der Waals surface area (Å²) in [5.74, 6) is -0.624. The zero-order chi connectivity index (χ0) is 16.2. The van der Waals surface area contributed by atoms with Gasteiger partial charge in [0.1, 0.15) is 5.54 Å². The Hall–Kier alpha value is -0.665. The molecule has 5 N–H and O–H groups in total. The third kappa shape index (κ3) is 3.63. The molecule has 2 aliphatic rings. The molecule has 8 heteroatoms. The Labute approximate surface area is 132 Å². The summed E-state index contributed by atoms with van der Waals surface area (Å²) in [5, 5.41) is 34.0. The van der Waals surface area contributed by atoms with Crippen LogP contribution in [0.15, 0.2) is 0 Å². The van der Waals surface area contributed by atoms with E-state index < -0.39 is 18.6 Å². The number of aliphatic carboxylic acids is 1. The third-order valence-electron chi connectivity index (χ3n) is 5.23. The number of hydrogen-bond acceptors (Lipinski definition) is 6. The van der Waals surface area contributed by atoms with E-state index in [4.69, 9.17) is 10.0 Å². The molecule has 2 aliphatic heterocycles. The molecule has 0 radical (unpaired) electrons. The zero-order valence-corrected chi connectivity index (χ0v) is 13.3. The molecule has 7 nitrogen and oxygen atoms in total. The van der Waals surface area contributed by atoms with E-state index in [9.17, 15) is 9.90 Å². The number of hydrogen-bond donors (Lipinski definition) is 5. The molecule has 0 spiro atoms. The lowest BCUT2D eigenvalue weighted by Crippen LogP contribution is -2.52. The van der Waals surface area contributed by atoms with Crippen LogP contribution in [0.1, 0.15) is 25.7 Å². The Morgan fingerprint density at radius 2 is 2.23 bits per heavy atom. The van der Waals surface area contributed by atoms with Gasteiger partial charge >= 0.3 is 13.1 Å². The van der Waals surface area contributed by atoms with Gasteiger partial charge in [-0.15, -0.1) is 0 Å². The summed E-state index contributed by atoms with van der Waals surface area (Å²) < 4.78 is 0. The van der Waals surface area contributed by atoms with Crippen LogP contribution in [-0.4, -0.2) is 77.9 Å². The average Bonchev–Trinajstić information content (AvgIpc) is 3.02. The van der Waals surface area contributed by atoms with Crippen LogP contribution in [0.3, 0.4) is 0 Å². The lowest BCUT2D eigenvalue weighted by molar-refractivity contribution is -0.146. The average molecular weight is 313 g/mol. The van der Waals surface area contributed by atoms with Gasteiger partial charge < -0.3 is 25.8 Å². The second-order valence-electron chi connectivity index (χ2n) is 6.49. The molecule has 2 saturated heterocycles. The summed E-state index contributed by atoms with van der Waals surface area (Å²) in [6, 6.07) is 0.299. The molecule has 0 saturated carbocycles. The van der Waals surface area contributed by atoms with Crippen LogP contribution >= 0.6 is 0 Å². The fourth-order valence-corrected chi connectivity index (χ4v) is 4.06. The van der Waals surface area contributed by atoms with Crippen molar-refractivity contribution < 1.29 is 19.9 Å². The number of likely N-dealkylation sites (N-methyl/N-ethyl adjacent to an activating group) is 1. The number of nitrogens with zero attached hydrogens (tertiary/aromatic N) is 1. The van der Waals surface area contributed by atoms with E-state index in [1.165, 1.54) is 0 Å². The highest BCUT2D eigenvalue weighted by Crippen LogP contribution is 2.41. The third-order valence-corrected chi connectivity index (χ3v) is 5.23. The molecule has 126 valence electrons. The van der Waals surface area contributed by atoms with Crippen LogP contribution in [0.5, 0.6) is 0 Å². The van der Waals surface area contributed by atoms with E-state index in [1.807, 2.05) is 7.05 Å². The number of likely N-dealkylation sites (tertiary alicyclic amines) is 1. The smallest absolute Gasteiger partial charge is 0.451 e. The van der Waals surface area contributed by atoms with Crippen molar-refractivity contribution in [2.45, 2.75) is 43.6 Å². The molecule has 0 aromatic carbocycles. The normalized spacial score (nSPS) is 31.4. The van der Waals surface area contributed by atoms with Gasteiger partial charge in [0, 0.05) is 31.6 Å². The van der Waals surface area contributed by atoms with Gasteiger partial charge in [-0.25, -0.2) is 0 Å². The molecule has 0 bridgehead atoms. The van der Waals surface area contributed by atoms with Gasteiger partial charge in [0.15, 0.2) is 0 Å². The summed E-state index contributed by atoms with van der Waals surface area (Å²) >= 11 is 0. The standard InChI is InChI=1S/C14H28BN3O4/c1-16-7-9-18-8-4-11-12(18)10-17-14(11,13(19)20)5-2-3-6-15(21)22/h11-12,16-17,21-22H,2-10H2,1H3,(H,19,20)/t11-,12-,14+/m0/s1. The summed E-state index contributed by atoms with van der Waals surface area (Å²) in [7, 11) is 0.631. The number of carboxylic acids is 1. The molecular weight excluding hydrogens is 285 g/mol. The van der Waals surface area contributed by atoms with Crippen molar-refractivity contribution in [2.75, 3.05) is 33.2 Å². The van der Waals surface area contributed by atoms with Crippen molar-refractivity contribution in [1.29, 1.82) is 0 Å². The number of fused-ring (bicyclic) bond motifs is 1. The first-order chi connectivity index (χ1) is 10.5. The molecule has 2 rings (SSSR count). The fraction of sp³-hybridized carbons (Fsp3) is 0.929. The van der Waals surface area contributed by atoms with Crippen molar-refractivity contribution in [3.8, 4) is 0 Å². The lowest BCUT2D eigenvalue weighted by atomic mass is 9.77. The molecule has 0 aliphatic carbocycles. The van der Waals surface area contributed by atoms with Crippen molar-refractivity contribution >= 4 is 13.1 Å². The number of nitrogens with one attached hydrogen (secondary N) is 2. The number of carbonyl (C=O) groups is 1. The molecule has 0 amide bonds. The first-order valence-electron chi connectivity index (χ1n) is 8.24. The highest BCUT2D eigenvalue weighted by Gasteiger charge is 2.56. The van der Waals surface area contributed by atoms with Crippen LogP contribution in [0, 0.1) is 5.92 Å². The Bertz CT molecular complexity index is 385. The van der Waals surface area contributed by atoms with Crippen LogP contribution in [0.25, 0.3) is 0 Å². The van der Waals surface area contributed by atoms with Gasteiger partial charge in [-0.2, -0.15) is 0 Å². The molecule has 3 atom stereocenters. The fourth-order valence-electron chi connectivity index (χ4n) is 4.06. The maximum absolute atomic E-state index is 11.9. The van der Waals surface area contributed by atoms with Gasteiger partial charge in [0.25, 0.3) is 0 Å². The van der Waals surface area contributed by atoms with Crippen molar-refractivity contribution in [2.24, 2.45) is 5.92 Å². The van der Waals surface area contributed by atoms with E-state index in [0.29, 0.717) is 31.6 Å². The maximum Gasteiger partial charge on any atom is 0.451 e. The van der Waals surface area contributed by atoms with E-state index in [2.05, 4.69) is 15.5 Å². The van der Waals surface area contributed by atoms with E-state index >= 15 is 0 Å². The topological polar surface area (TPSA) is 105 Å².